The lowest BCUT2D eigenvalue weighted by atomic mass is 10.1. The average molecular weight is 371 g/mol. The second kappa shape index (κ2) is 14.1. The van der Waals surface area contributed by atoms with E-state index >= 15 is 0 Å². The molecule has 0 saturated carbocycles. The zero-order chi connectivity index (χ0) is 19.9. The van der Waals surface area contributed by atoms with Crippen molar-refractivity contribution in [3.8, 4) is 0 Å². The fraction of sp³-hybridized carbons (Fsp3) is 0.765. The standard InChI is InChI=1S/C17H33N5O4/c1-3-15(24)21-14(9-5-7-11-20-12(2)23)17(26)22-13(16(19)25)8-4-6-10-18/h13-14H,3-11,18H2,1-2H3,(H2,19,25)(H,20,23)(H,21,24)(H,22,26)/t13?,14-/m1/s1. The van der Waals surface area contributed by atoms with Gasteiger partial charge in [0.2, 0.25) is 23.6 Å². The van der Waals surface area contributed by atoms with Crippen molar-refractivity contribution in [2.24, 2.45) is 11.5 Å². The van der Waals surface area contributed by atoms with Crippen LogP contribution in [-0.2, 0) is 19.2 Å². The van der Waals surface area contributed by atoms with Crippen molar-refractivity contribution in [3.63, 3.8) is 0 Å². The molecule has 1 unspecified atom stereocenters. The van der Waals surface area contributed by atoms with E-state index in [1.807, 2.05) is 0 Å². The third kappa shape index (κ3) is 11.4. The maximum absolute atomic E-state index is 12.5. The highest BCUT2D eigenvalue weighted by Gasteiger charge is 2.24. The molecular weight excluding hydrogens is 338 g/mol. The summed E-state index contributed by atoms with van der Waals surface area (Å²) in [6.07, 6.45) is 3.80. The summed E-state index contributed by atoms with van der Waals surface area (Å²) in [7, 11) is 0. The summed E-state index contributed by atoms with van der Waals surface area (Å²) in [5.74, 6) is -1.39. The largest absolute Gasteiger partial charge is 0.368 e. The maximum atomic E-state index is 12.5. The minimum Gasteiger partial charge on any atom is -0.368 e. The summed E-state index contributed by atoms with van der Waals surface area (Å²) < 4.78 is 0. The molecule has 0 aromatic carbocycles. The van der Waals surface area contributed by atoms with Crippen LogP contribution in [0.5, 0.6) is 0 Å². The smallest absolute Gasteiger partial charge is 0.243 e. The lowest BCUT2D eigenvalue weighted by molar-refractivity contribution is -0.131. The van der Waals surface area contributed by atoms with Crippen LogP contribution in [0.4, 0.5) is 0 Å². The second-order valence-electron chi connectivity index (χ2n) is 6.20. The number of rotatable bonds is 14. The Hall–Kier alpha value is -2.16. The maximum Gasteiger partial charge on any atom is 0.243 e. The monoisotopic (exact) mass is 371 g/mol. The minimum atomic E-state index is -0.783. The Morgan fingerprint density at radius 3 is 2.08 bits per heavy atom. The van der Waals surface area contributed by atoms with Crippen molar-refractivity contribution in [3.05, 3.63) is 0 Å². The fourth-order valence-electron chi connectivity index (χ4n) is 2.35. The number of primary amides is 1. The van der Waals surface area contributed by atoms with Crippen molar-refractivity contribution < 1.29 is 19.2 Å². The van der Waals surface area contributed by atoms with Crippen LogP contribution in [-0.4, -0.2) is 48.8 Å². The summed E-state index contributed by atoms with van der Waals surface area (Å²) in [6.45, 7) is 4.14. The number of unbranched alkanes of at least 4 members (excludes halogenated alkanes) is 2. The van der Waals surface area contributed by atoms with Gasteiger partial charge in [0.15, 0.2) is 0 Å². The molecule has 0 spiro atoms. The van der Waals surface area contributed by atoms with Crippen LogP contribution in [0.3, 0.4) is 0 Å². The predicted molar refractivity (Wildman–Crippen MR) is 98.8 cm³/mol. The first kappa shape index (κ1) is 23.8. The number of amides is 4. The highest BCUT2D eigenvalue weighted by Crippen LogP contribution is 2.05. The molecule has 0 aromatic rings. The van der Waals surface area contributed by atoms with Crippen molar-refractivity contribution >= 4 is 23.6 Å². The second-order valence-corrected chi connectivity index (χ2v) is 6.20. The molecule has 0 heterocycles. The zero-order valence-electron chi connectivity index (χ0n) is 15.8. The number of hydrogen-bond donors (Lipinski definition) is 5. The van der Waals surface area contributed by atoms with Crippen LogP contribution < -0.4 is 27.4 Å². The average Bonchev–Trinajstić information content (AvgIpc) is 2.58. The first-order valence-electron chi connectivity index (χ1n) is 9.15. The molecule has 2 atom stereocenters. The Balaban J connectivity index is 4.66. The van der Waals surface area contributed by atoms with E-state index in [1.165, 1.54) is 6.92 Å². The van der Waals surface area contributed by atoms with Gasteiger partial charge in [0, 0.05) is 19.9 Å². The van der Waals surface area contributed by atoms with Crippen LogP contribution >= 0.6 is 0 Å². The van der Waals surface area contributed by atoms with E-state index in [0.717, 1.165) is 6.42 Å². The van der Waals surface area contributed by atoms with E-state index in [1.54, 1.807) is 6.92 Å². The van der Waals surface area contributed by atoms with E-state index in [2.05, 4.69) is 16.0 Å². The topological polar surface area (TPSA) is 156 Å². The molecule has 0 rings (SSSR count). The van der Waals surface area contributed by atoms with E-state index in [4.69, 9.17) is 11.5 Å². The molecule has 0 radical (unpaired) electrons. The SMILES string of the molecule is CCC(=O)N[C@H](CCCCNC(C)=O)C(=O)NC(CCCCN)C(N)=O. The third-order valence-electron chi connectivity index (χ3n) is 3.87. The Morgan fingerprint density at radius 1 is 0.923 bits per heavy atom. The molecular formula is C17H33N5O4. The summed E-state index contributed by atoms with van der Waals surface area (Å²) in [5.41, 5.74) is 10.8. The number of carbonyl (C=O) groups excluding carboxylic acids is 4. The van der Waals surface area contributed by atoms with Gasteiger partial charge in [0.05, 0.1) is 0 Å². The van der Waals surface area contributed by atoms with Gasteiger partial charge < -0.3 is 27.4 Å². The Kier molecular flexibility index (Phi) is 12.9. The van der Waals surface area contributed by atoms with E-state index in [9.17, 15) is 19.2 Å². The lowest BCUT2D eigenvalue weighted by Crippen LogP contribution is -2.52. The lowest BCUT2D eigenvalue weighted by Gasteiger charge is -2.22. The molecule has 0 fully saturated rings. The van der Waals surface area contributed by atoms with E-state index in [0.29, 0.717) is 45.2 Å². The molecule has 4 amide bonds. The van der Waals surface area contributed by atoms with Gasteiger partial charge in [-0.1, -0.05) is 6.92 Å². The van der Waals surface area contributed by atoms with Crippen LogP contribution in [0.25, 0.3) is 0 Å². The van der Waals surface area contributed by atoms with Crippen LogP contribution in [0, 0.1) is 0 Å². The van der Waals surface area contributed by atoms with Crippen molar-refractivity contribution in [1.82, 2.24) is 16.0 Å². The van der Waals surface area contributed by atoms with Gasteiger partial charge in [-0.3, -0.25) is 19.2 Å². The highest BCUT2D eigenvalue weighted by atomic mass is 16.2. The van der Waals surface area contributed by atoms with Crippen LogP contribution in [0.1, 0.15) is 58.8 Å². The number of nitrogens with one attached hydrogen (secondary N) is 3. The van der Waals surface area contributed by atoms with Gasteiger partial charge in [-0.05, 0) is 45.1 Å². The quantitative estimate of drug-likeness (QED) is 0.255. The summed E-state index contributed by atoms with van der Waals surface area (Å²) in [4.78, 5) is 46.6. The highest BCUT2D eigenvalue weighted by molar-refractivity contribution is 5.91. The molecule has 0 aliphatic heterocycles. The van der Waals surface area contributed by atoms with Crippen molar-refractivity contribution in [2.75, 3.05) is 13.1 Å². The molecule has 9 heteroatoms. The van der Waals surface area contributed by atoms with Gasteiger partial charge in [-0.15, -0.1) is 0 Å². The zero-order valence-corrected chi connectivity index (χ0v) is 15.8. The Bertz CT molecular complexity index is 470. The van der Waals surface area contributed by atoms with Gasteiger partial charge in [-0.25, -0.2) is 0 Å². The predicted octanol–water partition coefficient (Wildman–Crippen LogP) is -0.713. The Morgan fingerprint density at radius 2 is 1.54 bits per heavy atom. The molecule has 0 bridgehead atoms. The molecule has 9 nitrogen and oxygen atoms in total. The molecule has 0 aromatic heterocycles. The first-order chi connectivity index (χ1) is 12.3. The first-order valence-corrected chi connectivity index (χ1v) is 9.15. The minimum absolute atomic E-state index is 0.111. The van der Waals surface area contributed by atoms with E-state index < -0.39 is 23.9 Å². The molecule has 7 N–H and O–H groups in total. The summed E-state index contributed by atoms with van der Waals surface area (Å²) in [5, 5.41) is 7.97. The van der Waals surface area contributed by atoms with Crippen molar-refractivity contribution in [2.45, 2.75) is 70.9 Å². The normalized spacial score (nSPS) is 12.7. The number of carbonyl (C=O) groups is 4. The summed E-state index contributed by atoms with van der Waals surface area (Å²) in [6, 6.07) is -1.52. The van der Waals surface area contributed by atoms with Gasteiger partial charge >= 0.3 is 0 Å². The molecule has 0 aliphatic carbocycles. The molecule has 0 aliphatic rings. The van der Waals surface area contributed by atoms with Gasteiger partial charge in [0.25, 0.3) is 0 Å². The Labute approximate surface area is 155 Å². The van der Waals surface area contributed by atoms with E-state index in [-0.39, 0.29) is 18.2 Å². The third-order valence-corrected chi connectivity index (χ3v) is 3.87. The van der Waals surface area contributed by atoms with Crippen molar-refractivity contribution in [1.29, 1.82) is 0 Å². The summed E-state index contributed by atoms with van der Waals surface area (Å²) >= 11 is 0. The van der Waals surface area contributed by atoms with Crippen LogP contribution in [0.15, 0.2) is 0 Å². The van der Waals surface area contributed by atoms with Crippen LogP contribution in [0.2, 0.25) is 0 Å². The molecule has 150 valence electrons. The van der Waals surface area contributed by atoms with Gasteiger partial charge in [-0.2, -0.15) is 0 Å². The molecule has 26 heavy (non-hydrogen) atoms. The number of nitrogens with two attached hydrogens (primary N) is 2. The fourth-order valence-corrected chi connectivity index (χ4v) is 2.35. The van der Waals surface area contributed by atoms with Gasteiger partial charge in [0.1, 0.15) is 12.1 Å². The molecule has 0 saturated heterocycles. The number of hydrogen-bond acceptors (Lipinski definition) is 5.